The fourth-order valence-electron chi connectivity index (χ4n) is 2.78. The summed E-state index contributed by atoms with van der Waals surface area (Å²) in [5.74, 6) is 2.42. The second kappa shape index (κ2) is 6.33. The molecule has 1 fully saturated rings. The molecule has 1 aliphatic rings. The minimum atomic E-state index is 0.661. The normalized spacial score (nSPS) is 23.7. The number of benzene rings is 1. The van der Waals surface area contributed by atoms with Crippen molar-refractivity contribution in [3.05, 3.63) is 23.2 Å². The van der Waals surface area contributed by atoms with Crippen molar-refractivity contribution in [1.82, 2.24) is 0 Å². The lowest BCUT2D eigenvalue weighted by Crippen LogP contribution is -2.20. The molecule has 0 radical (unpaired) electrons. The number of rotatable bonds is 4. The average Bonchev–Trinajstić information content (AvgIpc) is 2.38. The summed E-state index contributed by atoms with van der Waals surface area (Å²) in [6, 6.07) is 5.86. The molecule has 1 aromatic rings. The molecule has 1 saturated carbocycles. The molecule has 0 heterocycles. The molecule has 3 heteroatoms. The van der Waals surface area contributed by atoms with Gasteiger partial charge in [-0.15, -0.1) is 0 Å². The van der Waals surface area contributed by atoms with Gasteiger partial charge in [0.2, 0.25) is 0 Å². The van der Waals surface area contributed by atoms with Gasteiger partial charge < -0.3 is 10.1 Å². The average molecular weight is 268 g/mol. The number of hydrogen-bond donors (Lipinski definition) is 1. The van der Waals surface area contributed by atoms with E-state index in [2.05, 4.69) is 12.2 Å². The van der Waals surface area contributed by atoms with E-state index in [0.29, 0.717) is 5.02 Å². The number of hydrogen-bond acceptors (Lipinski definition) is 2. The van der Waals surface area contributed by atoms with Crippen molar-refractivity contribution in [2.75, 3.05) is 19.0 Å². The van der Waals surface area contributed by atoms with Crippen molar-refractivity contribution in [2.45, 2.75) is 32.6 Å². The highest BCUT2D eigenvalue weighted by Gasteiger charge is 2.18. The molecule has 0 amide bonds. The van der Waals surface area contributed by atoms with Crippen molar-refractivity contribution in [1.29, 1.82) is 0 Å². The number of methoxy groups -OCH3 is 1. The van der Waals surface area contributed by atoms with Crippen LogP contribution in [0.1, 0.15) is 32.6 Å². The van der Waals surface area contributed by atoms with Crippen LogP contribution in [0, 0.1) is 11.8 Å². The van der Waals surface area contributed by atoms with E-state index in [1.54, 1.807) is 7.11 Å². The summed E-state index contributed by atoms with van der Waals surface area (Å²) >= 11 is 6.01. The Morgan fingerprint density at radius 1 is 1.39 bits per heavy atom. The largest absolute Gasteiger partial charge is 0.495 e. The van der Waals surface area contributed by atoms with E-state index < -0.39 is 0 Å². The Bertz CT molecular complexity index is 394. The van der Waals surface area contributed by atoms with Crippen LogP contribution in [-0.4, -0.2) is 13.7 Å². The molecule has 2 unspecified atom stereocenters. The SMILES string of the molecule is COc1cc(NCC2CCCC(C)C2)ccc1Cl. The molecule has 0 spiro atoms. The zero-order valence-electron chi connectivity index (χ0n) is 11.2. The van der Waals surface area contributed by atoms with Gasteiger partial charge in [-0.3, -0.25) is 0 Å². The molecule has 1 N–H and O–H groups in total. The molecule has 2 atom stereocenters. The minimum absolute atomic E-state index is 0.661. The van der Waals surface area contributed by atoms with E-state index in [0.717, 1.165) is 29.8 Å². The summed E-state index contributed by atoms with van der Waals surface area (Å²) in [5, 5.41) is 4.16. The fraction of sp³-hybridized carbons (Fsp3) is 0.600. The van der Waals surface area contributed by atoms with Crippen LogP contribution in [0.15, 0.2) is 18.2 Å². The van der Waals surface area contributed by atoms with Crippen LogP contribution in [0.2, 0.25) is 5.02 Å². The standard InChI is InChI=1S/C15H22ClNO/c1-11-4-3-5-12(8-11)10-17-13-6-7-14(16)15(9-13)18-2/h6-7,9,11-12,17H,3-5,8,10H2,1-2H3. The van der Waals surface area contributed by atoms with Crippen molar-refractivity contribution in [2.24, 2.45) is 11.8 Å². The van der Waals surface area contributed by atoms with E-state index in [1.165, 1.54) is 25.7 Å². The third-order valence-electron chi connectivity index (χ3n) is 3.79. The molecule has 0 bridgehead atoms. The topological polar surface area (TPSA) is 21.3 Å². The monoisotopic (exact) mass is 267 g/mol. The van der Waals surface area contributed by atoms with Crippen LogP contribution in [0.5, 0.6) is 5.75 Å². The quantitative estimate of drug-likeness (QED) is 0.862. The molecule has 18 heavy (non-hydrogen) atoms. The summed E-state index contributed by atoms with van der Waals surface area (Å²) in [4.78, 5) is 0. The number of ether oxygens (including phenoxy) is 1. The lowest BCUT2D eigenvalue weighted by molar-refractivity contribution is 0.293. The number of anilines is 1. The van der Waals surface area contributed by atoms with Gasteiger partial charge in [0, 0.05) is 18.3 Å². The predicted molar refractivity (Wildman–Crippen MR) is 77.6 cm³/mol. The maximum absolute atomic E-state index is 6.01. The summed E-state index contributed by atoms with van der Waals surface area (Å²) in [6.45, 7) is 3.41. The number of halogens is 1. The summed E-state index contributed by atoms with van der Waals surface area (Å²) in [6.07, 6.45) is 5.46. The molecule has 0 aromatic heterocycles. The van der Waals surface area contributed by atoms with E-state index in [-0.39, 0.29) is 0 Å². The van der Waals surface area contributed by atoms with Gasteiger partial charge in [-0.25, -0.2) is 0 Å². The highest BCUT2D eigenvalue weighted by atomic mass is 35.5. The van der Waals surface area contributed by atoms with Gasteiger partial charge in [0.25, 0.3) is 0 Å². The van der Waals surface area contributed by atoms with Gasteiger partial charge in [0.05, 0.1) is 12.1 Å². The molecule has 2 rings (SSSR count). The Kier molecular flexibility index (Phi) is 4.76. The molecular weight excluding hydrogens is 246 g/mol. The van der Waals surface area contributed by atoms with Crippen molar-refractivity contribution >= 4 is 17.3 Å². The fourth-order valence-corrected chi connectivity index (χ4v) is 2.97. The highest BCUT2D eigenvalue weighted by Crippen LogP contribution is 2.30. The van der Waals surface area contributed by atoms with Crippen LogP contribution >= 0.6 is 11.6 Å². The Balaban J connectivity index is 1.89. The first-order valence-electron chi connectivity index (χ1n) is 6.76. The Labute approximate surface area is 115 Å². The van der Waals surface area contributed by atoms with Crippen LogP contribution < -0.4 is 10.1 Å². The molecule has 2 nitrogen and oxygen atoms in total. The minimum Gasteiger partial charge on any atom is -0.495 e. The van der Waals surface area contributed by atoms with E-state index in [1.807, 2.05) is 18.2 Å². The zero-order valence-corrected chi connectivity index (χ0v) is 12.0. The molecule has 0 aliphatic heterocycles. The first-order chi connectivity index (χ1) is 8.69. The van der Waals surface area contributed by atoms with E-state index in [4.69, 9.17) is 16.3 Å². The van der Waals surface area contributed by atoms with Crippen molar-refractivity contribution in [3.63, 3.8) is 0 Å². The molecule has 100 valence electrons. The zero-order chi connectivity index (χ0) is 13.0. The van der Waals surface area contributed by atoms with E-state index >= 15 is 0 Å². The predicted octanol–water partition coefficient (Wildman–Crippen LogP) is 4.59. The first kappa shape index (κ1) is 13.5. The van der Waals surface area contributed by atoms with Gasteiger partial charge in [-0.1, -0.05) is 31.4 Å². The first-order valence-corrected chi connectivity index (χ1v) is 7.14. The second-order valence-corrected chi connectivity index (χ2v) is 5.78. The molecular formula is C15H22ClNO. The van der Waals surface area contributed by atoms with Crippen LogP contribution in [0.25, 0.3) is 0 Å². The maximum atomic E-state index is 6.01. The van der Waals surface area contributed by atoms with Crippen LogP contribution in [0.4, 0.5) is 5.69 Å². The van der Waals surface area contributed by atoms with Crippen LogP contribution in [0.3, 0.4) is 0 Å². The lowest BCUT2D eigenvalue weighted by Gasteiger charge is -2.27. The smallest absolute Gasteiger partial charge is 0.139 e. The highest BCUT2D eigenvalue weighted by molar-refractivity contribution is 6.32. The molecule has 1 aliphatic carbocycles. The number of nitrogens with one attached hydrogen (secondary N) is 1. The Morgan fingerprint density at radius 3 is 2.94 bits per heavy atom. The van der Waals surface area contributed by atoms with Crippen molar-refractivity contribution in [3.8, 4) is 5.75 Å². The third-order valence-corrected chi connectivity index (χ3v) is 4.10. The van der Waals surface area contributed by atoms with Gasteiger partial charge in [0.1, 0.15) is 5.75 Å². The van der Waals surface area contributed by atoms with Crippen LogP contribution in [-0.2, 0) is 0 Å². The third kappa shape index (κ3) is 3.55. The molecule has 1 aromatic carbocycles. The van der Waals surface area contributed by atoms with Crippen molar-refractivity contribution < 1.29 is 4.74 Å². The lowest BCUT2D eigenvalue weighted by atomic mass is 9.82. The summed E-state index contributed by atoms with van der Waals surface area (Å²) < 4.78 is 5.22. The summed E-state index contributed by atoms with van der Waals surface area (Å²) in [5.41, 5.74) is 1.09. The van der Waals surface area contributed by atoms with Gasteiger partial charge >= 0.3 is 0 Å². The maximum Gasteiger partial charge on any atom is 0.139 e. The second-order valence-electron chi connectivity index (χ2n) is 5.37. The Hall–Kier alpha value is -0.890. The van der Waals surface area contributed by atoms with Gasteiger partial charge in [0.15, 0.2) is 0 Å². The summed E-state index contributed by atoms with van der Waals surface area (Å²) in [7, 11) is 1.65. The Morgan fingerprint density at radius 2 is 2.22 bits per heavy atom. The molecule has 0 saturated heterocycles. The van der Waals surface area contributed by atoms with Gasteiger partial charge in [-0.05, 0) is 36.8 Å². The van der Waals surface area contributed by atoms with E-state index in [9.17, 15) is 0 Å². The van der Waals surface area contributed by atoms with Gasteiger partial charge in [-0.2, -0.15) is 0 Å².